The summed E-state index contributed by atoms with van der Waals surface area (Å²) >= 11 is 0. The van der Waals surface area contributed by atoms with Gasteiger partial charge in [0.15, 0.2) is 0 Å². The van der Waals surface area contributed by atoms with Crippen molar-refractivity contribution in [1.29, 1.82) is 0 Å². The summed E-state index contributed by atoms with van der Waals surface area (Å²) in [6, 6.07) is 0. The van der Waals surface area contributed by atoms with Gasteiger partial charge in [0.05, 0.1) is 0 Å². The molecule has 2 heteroatoms. The molecule has 0 rings (SSSR count). The van der Waals surface area contributed by atoms with Gasteiger partial charge < -0.3 is 5.11 Å². The van der Waals surface area contributed by atoms with E-state index in [2.05, 4.69) is 26.8 Å². The van der Waals surface area contributed by atoms with E-state index < -0.39 is 5.97 Å². The average molecular weight is 238 g/mol. The van der Waals surface area contributed by atoms with Crippen LogP contribution in [-0.4, -0.2) is 11.1 Å². The molecule has 1 atom stereocenters. The number of carboxylic acid groups (broad SMARTS) is 1. The summed E-state index contributed by atoms with van der Waals surface area (Å²) in [6.07, 6.45) is 10.1. The van der Waals surface area contributed by atoms with Crippen molar-refractivity contribution in [3.8, 4) is 0 Å². The van der Waals surface area contributed by atoms with Crippen molar-refractivity contribution in [2.45, 2.75) is 53.4 Å². The third kappa shape index (κ3) is 11.2. The van der Waals surface area contributed by atoms with E-state index in [1.807, 2.05) is 13.0 Å². The molecule has 0 radical (unpaired) electrons. The second-order valence-corrected chi connectivity index (χ2v) is 5.29. The molecule has 0 saturated carbocycles. The van der Waals surface area contributed by atoms with Crippen LogP contribution in [0.3, 0.4) is 0 Å². The highest BCUT2D eigenvalue weighted by molar-refractivity contribution is 5.81. The van der Waals surface area contributed by atoms with Gasteiger partial charge in [0.2, 0.25) is 0 Å². The van der Waals surface area contributed by atoms with E-state index in [0.717, 1.165) is 17.9 Å². The molecule has 0 fully saturated rings. The molecule has 0 spiro atoms. The maximum Gasteiger partial charge on any atom is 0.328 e. The van der Waals surface area contributed by atoms with E-state index in [1.54, 1.807) is 0 Å². The number of carbonyl (C=O) groups is 1. The van der Waals surface area contributed by atoms with Gasteiger partial charge in [-0.3, -0.25) is 0 Å². The van der Waals surface area contributed by atoms with Crippen LogP contribution in [-0.2, 0) is 4.79 Å². The highest BCUT2D eigenvalue weighted by atomic mass is 16.4. The van der Waals surface area contributed by atoms with Crippen molar-refractivity contribution < 1.29 is 9.90 Å². The van der Waals surface area contributed by atoms with Crippen LogP contribution in [0.25, 0.3) is 0 Å². The topological polar surface area (TPSA) is 37.3 Å². The molecule has 0 aromatic rings. The first kappa shape index (κ1) is 16.0. The Hall–Kier alpha value is -1.05. The Morgan fingerprint density at radius 2 is 1.88 bits per heavy atom. The van der Waals surface area contributed by atoms with Crippen molar-refractivity contribution >= 4 is 5.97 Å². The van der Waals surface area contributed by atoms with E-state index in [4.69, 9.17) is 5.11 Å². The Morgan fingerprint density at radius 1 is 1.24 bits per heavy atom. The van der Waals surface area contributed by atoms with Gasteiger partial charge in [-0.05, 0) is 30.8 Å². The zero-order valence-electron chi connectivity index (χ0n) is 11.6. The fourth-order valence-electron chi connectivity index (χ4n) is 1.72. The van der Waals surface area contributed by atoms with E-state index >= 15 is 0 Å². The summed E-state index contributed by atoms with van der Waals surface area (Å²) in [7, 11) is 0. The van der Waals surface area contributed by atoms with Crippen molar-refractivity contribution in [3.63, 3.8) is 0 Å². The molecule has 0 amide bonds. The summed E-state index contributed by atoms with van der Waals surface area (Å²) in [4.78, 5) is 10.4. The maximum absolute atomic E-state index is 10.4. The molecule has 0 unspecified atom stereocenters. The Bertz CT molecular complexity index is 275. The molecule has 1 N–H and O–H groups in total. The van der Waals surface area contributed by atoms with Crippen LogP contribution >= 0.6 is 0 Å². The van der Waals surface area contributed by atoms with Gasteiger partial charge in [-0.1, -0.05) is 52.2 Å². The molecule has 0 aliphatic heterocycles. The largest absolute Gasteiger partial charge is 0.478 e. The molecule has 98 valence electrons. The molecule has 0 saturated heterocycles. The molecule has 2 nitrogen and oxygen atoms in total. The maximum atomic E-state index is 10.4. The van der Waals surface area contributed by atoms with E-state index in [-0.39, 0.29) is 0 Å². The normalized spacial score (nSPS) is 14.5. The average Bonchev–Trinajstić information content (AvgIpc) is 2.15. The van der Waals surface area contributed by atoms with Gasteiger partial charge in [-0.15, -0.1) is 0 Å². The van der Waals surface area contributed by atoms with Crippen LogP contribution in [0, 0.1) is 11.8 Å². The van der Waals surface area contributed by atoms with Gasteiger partial charge in [-0.25, -0.2) is 4.79 Å². The Labute approximate surface area is 105 Å². The molecular formula is C15H26O2. The third-order valence-electron chi connectivity index (χ3n) is 2.75. The third-order valence-corrected chi connectivity index (χ3v) is 2.75. The monoisotopic (exact) mass is 238 g/mol. The van der Waals surface area contributed by atoms with Gasteiger partial charge in [0.1, 0.15) is 0 Å². The molecule has 0 bridgehead atoms. The fraction of sp³-hybridized carbons (Fsp3) is 0.667. The number of allylic oxidation sites excluding steroid dienone is 3. The second kappa shape index (κ2) is 9.03. The van der Waals surface area contributed by atoms with Crippen LogP contribution in [0.2, 0.25) is 0 Å². The van der Waals surface area contributed by atoms with Crippen LogP contribution in [0.1, 0.15) is 53.4 Å². The van der Waals surface area contributed by atoms with Crippen LogP contribution < -0.4 is 0 Å². The zero-order chi connectivity index (χ0) is 13.3. The molecule has 0 aliphatic rings. The molecular weight excluding hydrogens is 212 g/mol. The van der Waals surface area contributed by atoms with Crippen molar-refractivity contribution in [2.75, 3.05) is 0 Å². The second-order valence-electron chi connectivity index (χ2n) is 5.29. The zero-order valence-corrected chi connectivity index (χ0v) is 11.6. The van der Waals surface area contributed by atoms with Crippen molar-refractivity contribution in [1.82, 2.24) is 0 Å². The van der Waals surface area contributed by atoms with E-state index in [9.17, 15) is 4.79 Å². The Morgan fingerprint density at radius 3 is 2.41 bits per heavy atom. The summed E-state index contributed by atoms with van der Waals surface area (Å²) in [6.45, 7) is 8.57. The quantitative estimate of drug-likeness (QED) is 0.502. The van der Waals surface area contributed by atoms with E-state index in [1.165, 1.54) is 25.3 Å². The minimum Gasteiger partial charge on any atom is -0.478 e. The molecule has 17 heavy (non-hydrogen) atoms. The Kier molecular flexibility index (Phi) is 8.47. The highest BCUT2D eigenvalue weighted by Gasteiger charge is 2.01. The highest BCUT2D eigenvalue weighted by Crippen LogP contribution is 2.15. The predicted molar refractivity (Wildman–Crippen MR) is 73.0 cm³/mol. The summed E-state index contributed by atoms with van der Waals surface area (Å²) in [5.74, 6) is 0.596. The summed E-state index contributed by atoms with van der Waals surface area (Å²) in [5, 5.41) is 8.55. The standard InChI is InChI=1S/C15H26O2/c1-12(2)7-5-8-13(3)9-6-10-14(4)11-15(16)17/h6,10-13H,5,7-9H2,1-4H3,(H,16,17)/b10-6+,14-11+/t13-/m0/s1. The number of hydrogen-bond donors (Lipinski definition) is 1. The number of hydrogen-bond acceptors (Lipinski definition) is 1. The van der Waals surface area contributed by atoms with Gasteiger partial charge >= 0.3 is 5.97 Å². The van der Waals surface area contributed by atoms with Crippen molar-refractivity contribution in [2.24, 2.45) is 11.8 Å². The van der Waals surface area contributed by atoms with Gasteiger partial charge in [-0.2, -0.15) is 0 Å². The lowest BCUT2D eigenvalue weighted by Gasteiger charge is -2.09. The Balaban J connectivity index is 3.79. The first-order chi connectivity index (χ1) is 7.91. The van der Waals surface area contributed by atoms with Crippen LogP contribution in [0.15, 0.2) is 23.8 Å². The SMILES string of the molecule is CC(/C=C/C[C@@H](C)CCCC(C)C)=C\C(=O)O. The predicted octanol–water partition coefficient (Wildman–Crippen LogP) is 4.43. The first-order valence-corrected chi connectivity index (χ1v) is 6.49. The molecule has 0 heterocycles. The minimum atomic E-state index is -0.878. The lowest BCUT2D eigenvalue weighted by atomic mass is 9.97. The van der Waals surface area contributed by atoms with Crippen molar-refractivity contribution in [3.05, 3.63) is 23.8 Å². The smallest absolute Gasteiger partial charge is 0.328 e. The van der Waals surface area contributed by atoms with Crippen LogP contribution in [0.5, 0.6) is 0 Å². The summed E-state index contributed by atoms with van der Waals surface area (Å²) < 4.78 is 0. The molecule has 0 aromatic heterocycles. The van der Waals surface area contributed by atoms with Gasteiger partial charge in [0, 0.05) is 6.08 Å². The number of rotatable bonds is 8. The lowest BCUT2D eigenvalue weighted by Crippen LogP contribution is -1.95. The number of carboxylic acids is 1. The van der Waals surface area contributed by atoms with Gasteiger partial charge in [0.25, 0.3) is 0 Å². The molecule has 0 aliphatic carbocycles. The minimum absolute atomic E-state index is 0.683. The lowest BCUT2D eigenvalue weighted by molar-refractivity contribution is -0.131. The first-order valence-electron chi connectivity index (χ1n) is 6.49. The number of aliphatic carboxylic acids is 1. The fourth-order valence-corrected chi connectivity index (χ4v) is 1.72. The summed E-state index contributed by atoms with van der Waals surface area (Å²) in [5.41, 5.74) is 0.798. The van der Waals surface area contributed by atoms with E-state index in [0.29, 0.717) is 5.92 Å². The van der Waals surface area contributed by atoms with Crippen LogP contribution in [0.4, 0.5) is 0 Å². The molecule has 0 aromatic carbocycles.